The summed E-state index contributed by atoms with van der Waals surface area (Å²) in [6.07, 6.45) is 7.84. The van der Waals surface area contributed by atoms with Crippen LogP contribution in [0, 0.1) is 0 Å². The molecular weight excluding hydrogens is 200 g/mol. The minimum absolute atomic E-state index is 0.0200. The van der Waals surface area contributed by atoms with Crippen molar-refractivity contribution in [3.05, 3.63) is 36.5 Å². The molecule has 0 aliphatic heterocycles. The second-order valence-electron chi connectivity index (χ2n) is 3.56. The lowest BCUT2D eigenvalue weighted by Crippen LogP contribution is -2.39. The van der Waals surface area contributed by atoms with Gasteiger partial charge < -0.3 is 10.1 Å². The van der Waals surface area contributed by atoms with Crippen molar-refractivity contribution in [1.29, 1.82) is 0 Å². The summed E-state index contributed by atoms with van der Waals surface area (Å²) in [5.41, 5.74) is 1.12. The van der Waals surface area contributed by atoms with Gasteiger partial charge in [-0.25, -0.2) is 0 Å². The Hall–Kier alpha value is -0.900. The van der Waals surface area contributed by atoms with Crippen LogP contribution in [-0.4, -0.2) is 33.0 Å². The topological polar surface area (TPSA) is 33.3 Å². The van der Waals surface area contributed by atoms with Gasteiger partial charge in [0.05, 0.1) is 12.8 Å². The van der Waals surface area contributed by atoms with Crippen molar-refractivity contribution in [2.75, 3.05) is 20.8 Å². The summed E-state index contributed by atoms with van der Waals surface area (Å²) < 4.78 is 5.77. The zero-order valence-electron chi connectivity index (χ0n) is 10.8. The molecule has 0 aromatic rings. The summed E-state index contributed by atoms with van der Waals surface area (Å²) in [4.78, 5) is 0. The normalized spacial score (nSPS) is 16.4. The van der Waals surface area contributed by atoms with Crippen molar-refractivity contribution in [3.8, 4) is 0 Å². The van der Waals surface area contributed by atoms with Gasteiger partial charge in [0.15, 0.2) is 0 Å². The summed E-state index contributed by atoms with van der Waals surface area (Å²) in [5.74, 6) is 0. The zero-order chi connectivity index (χ0) is 12.4. The van der Waals surface area contributed by atoms with Crippen LogP contribution in [0.1, 0.15) is 13.8 Å². The molecule has 0 heterocycles. The molecule has 3 heteroatoms. The van der Waals surface area contributed by atoms with Crippen LogP contribution in [0.4, 0.5) is 0 Å². The molecular formula is C13H24N2O. The Labute approximate surface area is 99.3 Å². The molecule has 0 bridgehead atoms. The third-order valence-electron chi connectivity index (χ3n) is 2.31. The molecule has 1 unspecified atom stereocenters. The molecule has 0 spiro atoms. The SMILES string of the molecule is C=C/C=C(\C=C/C)C(OCNC)[C@@H](C)NC. The zero-order valence-corrected chi connectivity index (χ0v) is 10.8. The molecule has 0 amide bonds. The number of allylic oxidation sites excluding steroid dienone is 3. The van der Waals surface area contributed by atoms with Crippen LogP contribution in [0.2, 0.25) is 0 Å². The van der Waals surface area contributed by atoms with Crippen molar-refractivity contribution in [1.82, 2.24) is 10.6 Å². The molecule has 92 valence electrons. The van der Waals surface area contributed by atoms with Crippen LogP contribution in [0.15, 0.2) is 36.5 Å². The maximum atomic E-state index is 5.77. The first-order valence-corrected chi connectivity index (χ1v) is 5.60. The Morgan fingerprint density at radius 2 is 2.12 bits per heavy atom. The highest BCUT2D eigenvalue weighted by Crippen LogP contribution is 2.13. The molecule has 0 aliphatic rings. The summed E-state index contributed by atoms with van der Waals surface area (Å²) in [6, 6.07) is 0.246. The molecule has 0 radical (unpaired) electrons. The van der Waals surface area contributed by atoms with Gasteiger partial charge >= 0.3 is 0 Å². The second kappa shape index (κ2) is 9.33. The number of hydrogen-bond donors (Lipinski definition) is 2. The van der Waals surface area contributed by atoms with Gasteiger partial charge in [0, 0.05) is 6.04 Å². The van der Waals surface area contributed by atoms with Gasteiger partial charge in [0.25, 0.3) is 0 Å². The van der Waals surface area contributed by atoms with E-state index in [4.69, 9.17) is 4.74 Å². The molecule has 0 saturated carbocycles. The van der Waals surface area contributed by atoms with Crippen molar-refractivity contribution in [2.24, 2.45) is 0 Å². The standard InChI is InChI=1S/C13H24N2O/c1-6-8-12(9-7-2)13(11(3)15-5)16-10-14-4/h6-9,11,13-15H,1,10H2,2-5H3/b9-7-,12-8+/t11-,13?/m1/s1. The largest absolute Gasteiger partial charge is 0.357 e. The van der Waals surface area contributed by atoms with E-state index in [1.807, 2.05) is 33.2 Å². The molecule has 16 heavy (non-hydrogen) atoms. The quantitative estimate of drug-likeness (QED) is 0.487. The van der Waals surface area contributed by atoms with Gasteiger partial charge in [0.1, 0.15) is 0 Å². The van der Waals surface area contributed by atoms with Crippen LogP contribution < -0.4 is 10.6 Å². The number of ether oxygens (including phenoxy) is 1. The Kier molecular flexibility index (Phi) is 8.81. The molecule has 0 rings (SSSR count). The van der Waals surface area contributed by atoms with Gasteiger partial charge in [-0.3, -0.25) is 5.32 Å². The molecule has 2 N–H and O–H groups in total. The highest BCUT2D eigenvalue weighted by atomic mass is 16.5. The molecule has 0 aromatic heterocycles. The van der Waals surface area contributed by atoms with Gasteiger partial charge in [-0.05, 0) is 33.5 Å². The fourth-order valence-electron chi connectivity index (χ4n) is 1.43. The van der Waals surface area contributed by atoms with Gasteiger partial charge in [-0.2, -0.15) is 0 Å². The van der Waals surface area contributed by atoms with Gasteiger partial charge in [-0.15, -0.1) is 0 Å². The van der Waals surface area contributed by atoms with E-state index >= 15 is 0 Å². The van der Waals surface area contributed by atoms with Crippen molar-refractivity contribution in [2.45, 2.75) is 26.0 Å². The minimum atomic E-state index is 0.0200. The molecule has 2 atom stereocenters. The highest BCUT2D eigenvalue weighted by Gasteiger charge is 2.18. The Balaban J connectivity index is 4.80. The molecule has 0 saturated heterocycles. The summed E-state index contributed by atoms with van der Waals surface area (Å²) in [5, 5.41) is 6.20. The van der Waals surface area contributed by atoms with E-state index in [0.29, 0.717) is 6.73 Å². The van der Waals surface area contributed by atoms with Crippen molar-refractivity contribution < 1.29 is 4.74 Å². The van der Waals surface area contributed by atoms with Crippen LogP contribution >= 0.6 is 0 Å². The van der Waals surface area contributed by atoms with E-state index in [-0.39, 0.29) is 12.1 Å². The third-order valence-corrected chi connectivity index (χ3v) is 2.31. The van der Waals surface area contributed by atoms with E-state index in [0.717, 1.165) is 5.57 Å². The summed E-state index contributed by atoms with van der Waals surface area (Å²) >= 11 is 0. The fraction of sp³-hybridized carbons (Fsp3) is 0.538. The predicted octanol–water partition coefficient (Wildman–Crippen LogP) is 1.84. The van der Waals surface area contributed by atoms with Crippen LogP contribution in [0.25, 0.3) is 0 Å². The lowest BCUT2D eigenvalue weighted by Gasteiger charge is -2.25. The first-order valence-electron chi connectivity index (χ1n) is 5.60. The van der Waals surface area contributed by atoms with E-state index < -0.39 is 0 Å². The van der Waals surface area contributed by atoms with Crippen molar-refractivity contribution in [3.63, 3.8) is 0 Å². The number of nitrogens with one attached hydrogen (secondary N) is 2. The maximum Gasteiger partial charge on any atom is 0.0992 e. The highest BCUT2D eigenvalue weighted by molar-refractivity contribution is 5.28. The summed E-state index contributed by atoms with van der Waals surface area (Å²) in [6.45, 7) is 8.35. The third kappa shape index (κ3) is 5.26. The Morgan fingerprint density at radius 3 is 2.56 bits per heavy atom. The average Bonchev–Trinajstić information content (AvgIpc) is 2.29. The fourth-order valence-corrected chi connectivity index (χ4v) is 1.43. The molecule has 0 aromatic carbocycles. The van der Waals surface area contributed by atoms with Gasteiger partial charge in [-0.1, -0.05) is 30.9 Å². The van der Waals surface area contributed by atoms with E-state index in [1.54, 1.807) is 6.08 Å². The number of hydrogen-bond acceptors (Lipinski definition) is 3. The molecule has 3 nitrogen and oxygen atoms in total. The smallest absolute Gasteiger partial charge is 0.0992 e. The molecule has 0 fully saturated rings. The minimum Gasteiger partial charge on any atom is -0.357 e. The van der Waals surface area contributed by atoms with E-state index in [1.165, 1.54) is 0 Å². The molecule has 0 aliphatic carbocycles. The van der Waals surface area contributed by atoms with Crippen LogP contribution in [0.5, 0.6) is 0 Å². The van der Waals surface area contributed by atoms with Crippen LogP contribution in [-0.2, 0) is 4.74 Å². The lowest BCUT2D eigenvalue weighted by atomic mass is 10.0. The first-order chi connectivity index (χ1) is 7.71. The van der Waals surface area contributed by atoms with E-state index in [2.05, 4.69) is 30.2 Å². The van der Waals surface area contributed by atoms with Crippen LogP contribution in [0.3, 0.4) is 0 Å². The Bertz CT molecular complexity index is 246. The Morgan fingerprint density at radius 1 is 1.44 bits per heavy atom. The lowest BCUT2D eigenvalue weighted by molar-refractivity contribution is 0.0498. The van der Waals surface area contributed by atoms with Gasteiger partial charge in [0.2, 0.25) is 0 Å². The average molecular weight is 224 g/mol. The predicted molar refractivity (Wildman–Crippen MR) is 70.4 cm³/mol. The first kappa shape index (κ1) is 15.1. The monoisotopic (exact) mass is 224 g/mol. The number of rotatable bonds is 8. The second-order valence-corrected chi connectivity index (χ2v) is 3.56. The summed E-state index contributed by atoms with van der Waals surface area (Å²) in [7, 11) is 3.80. The van der Waals surface area contributed by atoms with E-state index in [9.17, 15) is 0 Å². The van der Waals surface area contributed by atoms with Crippen molar-refractivity contribution >= 4 is 0 Å². The maximum absolute atomic E-state index is 5.77. The number of likely N-dealkylation sites (N-methyl/N-ethyl adjacent to an activating group) is 1.